The molecule has 3 N–H and O–H groups in total. The normalized spacial score (nSPS) is 11.4. The number of nitrogens with two attached hydrogens (primary N) is 1. The molecule has 5 heteroatoms. The number of amidine groups is 1. The highest BCUT2D eigenvalue weighted by atomic mass is 16.4. The first-order chi connectivity index (χ1) is 9.60. The number of pyridine rings is 1. The molecule has 0 aliphatic heterocycles. The number of anilines is 1. The van der Waals surface area contributed by atoms with Crippen molar-refractivity contribution in [2.24, 2.45) is 10.9 Å². The fraction of sp³-hybridized carbons (Fsp3) is 0.200. The van der Waals surface area contributed by atoms with Gasteiger partial charge in [0.15, 0.2) is 5.84 Å². The Morgan fingerprint density at radius 1 is 1.30 bits per heavy atom. The zero-order valence-corrected chi connectivity index (χ0v) is 11.6. The van der Waals surface area contributed by atoms with Crippen molar-refractivity contribution in [2.45, 2.75) is 13.5 Å². The van der Waals surface area contributed by atoms with Crippen LogP contribution in [-0.2, 0) is 6.54 Å². The van der Waals surface area contributed by atoms with E-state index < -0.39 is 0 Å². The minimum absolute atomic E-state index is 0.00980. The average molecular weight is 270 g/mol. The maximum atomic E-state index is 8.69. The first kappa shape index (κ1) is 13.9. The number of nitrogens with zero attached hydrogens (tertiary/aromatic N) is 3. The Balaban J connectivity index is 2.16. The van der Waals surface area contributed by atoms with Gasteiger partial charge < -0.3 is 15.8 Å². The third-order valence-corrected chi connectivity index (χ3v) is 3.09. The van der Waals surface area contributed by atoms with Crippen LogP contribution in [0, 0.1) is 6.92 Å². The van der Waals surface area contributed by atoms with Crippen molar-refractivity contribution in [3.05, 3.63) is 59.4 Å². The number of rotatable bonds is 4. The summed E-state index contributed by atoms with van der Waals surface area (Å²) in [6.07, 6.45) is 1.65. The third kappa shape index (κ3) is 3.26. The number of hydrogen-bond donors (Lipinski definition) is 2. The molecule has 1 aromatic heterocycles. The predicted octanol–water partition coefficient (Wildman–Crippen LogP) is 2.12. The van der Waals surface area contributed by atoms with Crippen LogP contribution in [0.1, 0.15) is 16.8 Å². The van der Waals surface area contributed by atoms with Gasteiger partial charge in [0.05, 0.1) is 0 Å². The van der Waals surface area contributed by atoms with Gasteiger partial charge in [0.25, 0.3) is 0 Å². The van der Waals surface area contributed by atoms with Crippen LogP contribution in [0.3, 0.4) is 0 Å². The van der Waals surface area contributed by atoms with Gasteiger partial charge in [-0.25, -0.2) is 0 Å². The second-order valence-electron chi connectivity index (χ2n) is 4.73. The molecule has 0 spiro atoms. The van der Waals surface area contributed by atoms with Crippen molar-refractivity contribution in [2.75, 3.05) is 11.9 Å². The average Bonchev–Trinajstić information content (AvgIpc) is 2.49. The second kappa shape index (κ2) is 6.06. The Bertz CT molecular complexity index is 608. The molecule has 0 bridgehead atoms. The molecule has 20 heavy (non-hydrogen) atoms. The fourth-order valence-corrected chi connectivity index (χ4v) is 1.91. The lowest BCUT2D eigenvalue weighted by molar-refractivity contribution is 0.318. The summed E-state index contributed by atoms with van der Waals surface area (Å²) in [4.78, 5) is 6.15. The molecule has 0 fully saturated rings. The summed E-state index contributed by atoms with van der Waals surface area (Å²) < 4.78 is 0. The van der Waals surface area contributed by atoms with Gasteiger partial charge in [0.2, 0.25) is 0 Å². The van der Waals surface area contributed by atoms with Crippen LogP contribution >= 0.6 is 0 Å². The molecule has 0 saturated heterocycles. The van der Waals surface area contributed by atoms with E-state index in [2.05, 4.69) is 46.2 Å². The van der Waals surface area contributed by atoms with Crippen molar-refractivity contribution in [1.82, 2.24) is 4.98 Å². The van der Waals surface area contributed by atoms with Gasteiger partial charge in [-0.15, -0.1) is 0 Å². The minimum Gasteiger partial charge on any atom is -0.409 e. The van der Waals surface area contributed by atoms with E-state index in [4.69, 9.17) is 10.9 Å². The molecule has 0 saturated carbocycles. The van der Waals surface area contributed by atoms with E-state index in [1.165, 1.54) is 11.1 Å². The highest BCUT2D eigenvalue weighted by Gasteiger charge is 2.06. The number of benzene rings is 1. The molecule has 0 amide bonds. The van der Waals surface area contributed by atoms with Crippen molar-refractivity contribution in [1.29, 1.82) is 0 Å². The van der Waals surface area contributed by atoms with Crippen LogP contribution in [0.2, 0.25) is 0 Å². The van der Waals surface area contributed by atoms with Crippen molar-refractivity contribution < 1.29 is 5.21 Å². The SMILES string of the molecule is Cc1ccc(CN(C)c2ccnc(C(N)=NO)c2)cc1. The maximum absolute atomic E-state index is 8.69. The Hall–Kier alpha value is -2.56. The van der Waals surface area contributed by atoms with Gasteiger partial charge in [-0.3, -0.25) is 4.98 Å². The maximum Gasteiger partial charge on any atom is 0.188 e. The molecule has 2 aromatic rings. The predicted molar refractivity (Wildman–Crippen MR) is 80.0 cm³/mol. The van der Waals surface area contributed by atoms with Gasteiger partial charge in [-0.2, -0.15) is 0 Å². The van der Waals surface area contributed by atoms with E-state index in [-0.39, 0.29) is 5.84 Å². The molecule has 0 radical (unpaired) electrons. The largest absolute Gasteiger partial charge is 0.409 e. The van der Waals surface area contributed by atoms with Gasteiger partial charge in [-0.1, -0.05) is 35.0 Å². The lowest BCUT2D eigenvalue weighted by Crippen LogP contribution is -2.19. The summed E-state index contributed by atoms with van der Waals surface area (Å²) in [6, 6.07) is 12.1. The first-order valence-electron chi connectivity index (χ1n) is 6.31. The van der Waals surface area contributed by atoms with Crippen molar-refractivity contribution >= 4 is 11.5 Å². The third-order valence-electron chi connectivity index (χ3n) is 3.09. The molecule has 0 unspecified atom stereocenters. The second-order valence-corrected chi connectivity index (χ2v) is 4.73. The van der Waals surface area contributed by atoms with Crippen LogP contribution in [0.25, 0.3) is 0 Å². The van der Waals surface area contributed by atoms with Gasteiger partial charge in [0.1, 0.15) is 5.69 Å². The zero-order chi connectivity index (χ0) is 14.5. The quantitative estimate of drug-likeness (QED) is 0.386. The van der Waals surface area contributed by atoms with E-state index in [1.54, 1.807) is 12.3 Å². The molecule has 1 aromatic carbocycles. The van der Waals surface area contributed by atoms with Crippen LogP contribution in [-0.4, -0.2) is 23.1 Å². The summed E-state index contributed by atoms with van der Waals surface area (Å²) in [6.45, 7) is 2.85. The molecular weight excluding hydrogens is 252 g/mol. The van der Waals surface area contributed by atoms with Gasteiger partial charge in [-0.05, 0) is 24.6 Å². The van der Waals surface area contributed by atoms with E-state index in [0.29, 0.717) is 5.69 Å². The van der Waals surface area contributed by atoms with E-state index in [9.17, 15) is 0 Å². The molecule has 2 rings (SSSR count). The molecule has 0 aliphatic rings. The summed E-state index contributed by atoms with van der Waals surface area (Å²) in [5.74, 6) is 0.00980. The van der Waals surface area contributed by atoms with Gasteiger partial charge in [0, 0.05) is 25.5 Å². The van der Waals surface area contributed by atoms with Crippen molar-refractivity contribution in [3.8, 4) is 0 Å². The molecule has 0 aliphatic carbocycles. The number of aromatic nitrogens is 1. The monoisotopic (exact) mass is 270 g/mol. The number of aryl methyl sites for hydroxylation is 1. The smallest absolute Gasteiger partial charge is 0.188 e. The molecule has 104 valence electrons. The van der Waals surface area contributed by atoms with Crippen LogP contribution in [0.5, 0.6) is 0 Å². The van der Waals surface area contributed by atoms with Crippen LogP contribution < -0.4 is 10.6 Å². The Morgan fingerprint density at radius 2 is 2.00 bits per heavy atom. The lowest BCUT2D eigenvalue weighted by Gasteiger charge is -2.19. The van der Waals surface area contributed by atoms with Crippen LogP contribution in [0.15, 0.2) is 47.8 Å². The summed E-state index contributed by atoms with van der Waals surface area (Å²) >= 11 is 0. The summed E-state index contributed by atoms with van der Waals surface area (Å²) in [7, 11) is 1.99. The van der Waals surface area contributed by atoms with E-state index in [1.807, 2.05) is 13.1 Å². The zero-order valence-electron chi connectivity index (χ0n) is 11.6. The Kier molecular flexibility index (Phi) is 4.20. The molecule has 1 heterocycles. The lowest BCUT2D eigenvalue weighted by atomic mass is 10.1. The molecule has 5 nitrogen and oxygen atoms in total. The van der Waals surface area contributed by atoms with Crippen molar-refractivity contribution in [3.63, 3.8) is 0 Å². The fourth-order valence-electron chi connectivity index (χ4n) is 1.91. The number of oxime groups is 1. The minimum atomic E-state index is 0.00980. The summed E-state index contributed by atoms with van der Waals surface area (Å²) in [5, 5.41) is 11.7. The topological polar surface area (TPSA) is 74.7 Å². The molecule has 0 atom stereocenters. The Morgan fingerprint density at radius 3 is 2.65 bits per heavy atom. The van der Waals surface area contributed by atoms with Crippen LogP contribution in [0.4, 0.5) is 5.69 Å². The molecular formula is C15H18N4O. The summed E-state index contributed by atoms with van der Waals surface area (Å²) in [5.41, 5.74) is 9.44. The number of hydrogen-bond acceptors (Lipinski definition) is 4. The van der Waals surface area contributed by atoms with E-state index >= 15 is 0 Å². The first-order valence-corrected chi connectivity index (χ1v) is 6.31. The Labute approximate surface area is 118 Å². The highest BCUT2D eigenvalue weighted by Crippen LogP contribution is 2.16. The van der Waals surface area contributed by atoms with Gasteiger partial charge >= 0.3 is 0 Å². The standard InChI is InChI=1S/C15H18N4O/c1-11-3-5-12(6-4-11)10-19(2)13-7-8-17-14(9-13)15(16)18-20/h3-9,20H,10H2,1-2H3,(H2,16,18). The van der Waals surface area contributed by atoms with E-state index in [0.717, 1.165) is 12.2 Å². The highest BCUT2D eigenvalue weighted by molar-refractivity contribution is 5.95.